The van der Waals surface area contributed by atoms with E-state index >= 15 is 0 Å². The Morgan fingerprint density at radius 3 is 2.38 bits per heavy atom. The van der Waals surface area contributed by atoms with Crippen LogP contribution < -0.4 is 4.90 Å². The van der Waals surface area contributed by atoms with Gasteiger partial charge < -0.3 is 4.90 Å². The first-order valence-corrected chi connectivity index (χ1v) is 8.62. The van der Waals surface area contributed by atoms with E-state index in [0.717, 1.165) is 42.7 Å². The minimum atomic E-state index is 0.00521. The van der Waals surface area contributed by atoms with E-state index in [1.54, 1.807) is 0 Å². The summed E-state index contributed by atoms with van der Waals surface area (Å²) >= 11 is 0. The third-order valence-corrected chi connectivity index (χ3v) is 4.66. The van der Waals surface area contributed by atoms with Crippen LogP contribution >= 0.6 is 0 Å². The van der Waals surface area contributed by atoms with Crippen LogP contribution in [0.1, 0.15) is 30.4 Å². The molecule has 2 aliphatic rings. The number of carbonyl (C=O) groups excluding carboxylic acids is 1. The molecule has 4 heteroatoms. The molecular weight excluding hydrogens is 298 g/mol. The normalized spacial score (nSPS) is 19.0. The minimum Gasteiger partial charge on any atom is -0.302 e. The highest BCUT2D eigenvalue weighted by atomic mass is 16.2. The zero-order chi connectivity index (χ0) is 16.4. The van der Waals surface area contributed by atoms with Gasteiger partial charge in [0.15, 0.2) is 5.71 Å². The van der Waals surface area contributed by atoms with Gasteiger partial charge in [-0.15, -0.1) is 0 Å². The number of para-hydroxylation sites is 1. The first-order chi connectivity index (χ1) is 11.8. The molecule has 4 rings (SSSR count). The van der Waals surface area contributed by atoms with E-state index < -0.39 is 0 Å². The summed E-state index contributed by atoms with van der Waals surface area (Å²) in [6, 6.07) is 18.1. The van der Waals surface area contributed by atoms with Crippen LogP contribution in [0.2, 0.25) is 0 Å². The summed E-state index contributed by atoms with van der Waals surface area (Å²) < 4.78 is 0. The van der Waals surface area contributed by atoms with Crippen LogP contribution in [-0.2, 0) is 11.3 Å². The van der Waals surface area contributed by atoms with Gasteiger partial charge in [-0.05, 0) is 30.9 Å². The first kappa shape index (κ1) is 14.9. The van der Waals surface area contributed by atoms with Crippen LogP contribution in [0.3, 0.4) is 0 Å². The Hall–Kier alpha value is -2.62. The maximum Gasteiger partial charge on any atom is 0.279 e. The van der Waals surface area contributed by atoms with Crippen LogP contribution in [-0.4, -0.2) is 29.7 Å². The van der Waals surface area contributed by atoms with Crippen molar-refractivity contribution in [3.8, 4) is 0 Å². The summed E-state index contributed by atoms with van der Waals surface area (Å²) in [5.74, 6) is 0.00521. The number of rotatable bonds is 3. The highest BCUT2D eigenvalue weighted by Gasteiger charge is 2.34. The third-order valence-electron chi connectivity index (χ3n) is 4.66. The number of anilines is 1. The number of benzene rings is 2. The van der Waals surface area contributed by atoms with Crippen molar-refractivity contribution in [2.75, 3.05) is 18.0 Å². The van der Waals surface area contributed by atoms with Crippen LogP contribution in [0.5, 0.6) is 0 Å². The molecule has 4 nitrogen and oxygen atoms in total. The monoisotopic (exact) mass is 319 g/mol. The van der Waals surface area contributed by atoms with Crippen molar-refractivity contribution in [2.24, 2.45) is 5.10 Å². The fraction of sp³-hybridized carbons (Fsp3) is 0.300. The first-order valence-electron chi connectivity index (χ1n) is 8.62. The quantitative estimate of drug-likeness (QED) is 0.869. The zero-order valence-electron chi connectivity index (χ0n) is 13.7. The number of hydrogen-bond acceptors (Lipinski definition) is 3. The Morgan fingerprint density at radius 1 is 0.875 bits per heavy atom. The molecule has 0 spiro atoms. The zero-order valence-corrected chi connectivity index (χ0v) is 13.7. The number of piperidine rings is 1. The molecule has 1 saturated heterocycles. The molecule has 24 heavy (non-hydrogen) atoms. The van der Waals surface area contributed by atoms with Crippen molar-refractivity contribution >= 4 is 17.3 Å². The van der Waals surface area contributed by atoms with Gasteiger partial charge >= 0.3 is 0 Å². The van der Waals surface area contributed by atoms with Crippen molar-refractivity contribution in [1.82, 2.24) is 5.01 Å². The molecule has 0 N–H and O–H groups in total. The Labute approximate surface area is 142 Å². The highest BCUT2D eigenvalue weighted by molar-refractivity contribution is 6.54. The number of nitrogens with zero attached hydrogens (tertiary/aromatic N) is 3. The second-order valence-electron chi connectivity index (χ2n) is 6.36. The molecule has 2 aromatic rings. The molecule has 2 heterocycles. The lowest BCUT2D eigenvalue weighted by Crippen LogP contribution is -2.32. The van der Waals surface area contributed by atoms with Crippen LogP contribution in [0.25, 0.3) is 0 Å². The van der Waals surface area contributed by atoms with Gasteiger partial charge in [0.25, 0.3) is 5.91 Å². The molecule has 122 valence electrons. The predicted molar refractivity (Wildman–Crippen MR) is 96.0 cm³/mol. The summed E-state index contributed by atoms with van der Waals surface area (Å²) in [4.78, 5) is 14.8. The summed E-state index contributed by atoms with van der Waals surface area (Å²) in [6.07, 6.45) is 3.56. The lowest BCUT2D eigenvalue weighted by molar-refractivity contribution is -0.112. The van der Waals surface area contributed by atoms with Gasteiger partial charge in [0, 0.05) is 18.7 Å². The lowest BCUT2D eigenvalue weighted by atomic mass is 10.1. The van der Waals surface area contributed by atoms with E-state index in [4.69, 9.17) is 5.10 Å². The molecule has 2 aliphatic heterocycles. The van der Waals surface area contributed by atoms with Gasteiger partial charge in [0.05, 0.1) is 12.2 Å². The average Bonchev–Trinajstić information content (AvgIpc) is 2.90. The third kappa shape index (κ3) is 2.80. The SMILES string of the molecule is O=C1C(=NN2CCCCC2)c2ccccc2N1Cc1ccccc1. The van der Waals surface area contributed by atoms with Gasteiger partial charge in [0.1, 0.15) is 0 Å². The van der Waals surface area contributed by atoms with E-state index in [2.05, 4.69) is 17.1 Å². The summed E-state index contributed by atoms with van der Waals surface area (Å²) in [6.45, 7) is 2.46. The van der Waals surface area contributed by atoms with Crippen molar-refractivity contribution in [3.63, 3.8) is 0 Å². The smallest absolute Gasteiger partial charge is 0.279 e. The topological polar surface area (TPSA) is 35.9 Å². The van der Waals surface area contributed by atoms with Crippen LogP contribution in [0.15, 0.2) is 59.7 Å². The van der Waals surface area contributed by atoms with Gasteiger partial charge in [0.2, 0.25) is 0 Å². The molecule has 1 fully saturated rings. The predicted octanol–water partition coefficient (Wildman–Crippen LogP) is 3.42. The van der Waals surface area contributed by atoms with Crippen LogP contribution in [0.4, 0.5) is 5.69 Å². The van der Waals surface area contributed by atoms with Crippen molar-refractivity contribution in [3.05, 3.63) is 65.7 Å². The van der Waals surface area contributed by atoms with E-state index in [9.17, 15) is 4.79 Å². The molecule has 0 atom stereocenters. The van der Waals surface area contributed by atoms with Crippen LogP contribution in [0, 0.1) is 0 Å². The van der Waals surface area contributed by atoms with E-state index in [0.29, 0.717) is 12.3 Å². The van der Waals surface area contributed by atoms with Crippen molar-refractivity contribution in [1.29, 1.82) is 0 Å². The molecule has 0 bridgehead atoms. The molecule has 0 radical (unpaired) electrons. The molecule has 0 aromatic heterocycles. The highest BCUT2D eigenvalue weighted by Crippen LogP contribution is 2.31. The average molecular weight is 319 g/mol. The minimum absolute atomic E-state index is 0.00521. The van der Waals surface area contributed by atoms with Gasteiger partial charge in [-0.3, -0.25) is 9.80 Å². The second kappa shape index (κ2) is 6.48. The lowest BCUT2D eigenvalue weighted by Gasteiger charge is -2.24. The summed E-state index contributed by atoms with van der Waals surface area (Å²) in [7, 11) is 0. The molecule has 0 aliphatic carbocycles. The number of hydrazone groups is 1. The Bertz CT molecular complexity index is 763. The fourth-order valence-electron chi connectivity index (χ4n) is 3.40. The second-order valence-corrected chi connectivity index (χ2v) is 6.36. The number of hydrogen-bond donors (Lipinski definition) is 0. The summed E-state index contributed by atoms with van der Waals surface area (Å²) in [5, 5.41) is 6.76. The fourth-order valence-corrected chi connectivity index (χ4v) is 3.40. The summed E-state index contributed by atoms with van der Waals surface area (Å²) in [5.41, 5.74) is 3.62. The van der Waals surface area contributed by atoms with Gasteiger partial charge in [-0.25, -0.2) is 0 Å². The number of fused-ring (bicyclic) bond motifs is 1. The maximum atomic E-state index is 13.0. The molecule has 2 aromatic carbocycles. The van der Waals surface area contributed by atoms with E-state index in [1.807, 2.05) is 47.4 Å². The molecule has 0 unspecified atom stereocenters. The Balaban J connectivity index is 1.67. The van der Waals surface area contributed by atoms with E-state index in [-0.39, 0.29) is 5.91 Å². The Kier molecular flexibility index (Phi) is 4.03. The molecule has 0 saturated carbocycles. The van der Waals surface area contributed by atoms with E-state index in [1.165, 1.54) is 6.42 Å². The number of amides is 1. The standard InChI is InChI=1S/C20H21N3O/c24-20-19(21-22-13-7-2-8-14-22)17-11-5-6-12-18(17)23(20)15-16-9-3-1-4-10-16/h1,3-6,9-12H,2,7-8,13-15H2. The maximum absolute atomic E-state index is 13.0. The Morgan fingerprint density at radius 2 is 1.58 bits per heavy atom. The molecular formula is C20H21N3O. The largest absolute Gasteiger partial charge is 0.302 e. The van der Waals surface area contributed by atoms with Crippen molar-refractivity contribution in [2.45, 2.75) is 25.8 Å². The number of carbonyl (C=O) groups is 1. The molecule has 1 amide bonds. The van der Waals surface area contributed by atoms with Gasteiger partial charge in [-0.2, -0.15) is 5.10 Å². The van der Waals surface area contributed by atoms with Crippen molar-refractivity contribution < 1.29 is 4.79 Å². The van der Waals surface area contributed by atoms with Gasteiger partial charge in [-0.1, -0.05) is 48.5 Å².